The van der Waals surface area contributed by atoms with E-state index < -0.39 is 0 Å². The summed E-state index contributed by atoms with van der Waals surface area (Å²) in [6, 6.07) is 15.4. The zero-order chi connectivity index (χ0) is 23.5. The Bertz CT molecular complexity index is 1170. The predicted octanol–water partition coefficient (Wildman–Crippen LogP) is 3.85. The molecule has 0 atom stereocenters. The molecule has 8 heteroatoms. The van der Waals surface area contributed by atoms with Crippen LogP contribution in [-0.2, 0) is 4.79 Å². The zero-order valence-electron chi connectivity index (χ0n) is 19.1. The Labute approximate surface area is 198 Å². The van der Waals surface area contributed by atoms with Crippen molar-refractivity contribution in [3.63, 3.8) is 0 Å². The second-order valence-electron chi connectivity index (χ2n) is 8.36. The normalized spacial score (nSPS) is 14.4. The van der Waals surface area contributed by atoms with Gasteiger partial charge in [-0.3, -0.25) is 14.5 Å². The molecule has 4 rings (SSSR count). The van der Waals surface area contributed by atoms with Gasteiger partial charge >= 0.3 is 0 Å². The van der Waals surface area contributed by atoms with E-state index in [0.717, 1.165) is 22.5 Å². The maximum atomic E-state index is 13.2. The van der Waals surface area contributed by atoms with E-state index in [1.54, 1.807) is 16.5 Å². The van der Waals surface area contributed by atoms with Crippen molar-refractivity contribution >= 4 is 29.1 Å². The average molecular weight is 466 g/mol. The number of hydrogen-bond donors (Lipinski definition) is 1. The van der Waals surface area contributed by atoms with Crippen LogP contribution in [0.1, 0.15) is 27.2 Å². The van der Waals surface area contributed by atoms with Crippen molar-refractivity contribution in [1.29, 1.82) is 0 Å². The zero-order valence-corrected chi connectivity index (χ0v) is 19.9. The van der Waals surface area contributed by atoms with Crippen LogP contribution in [0.4, 0.5) is 5.69 Å². The number of nitrogens with zero attached hydrogens (tertiary/aromatic N) is 4. The first-order valence-electron chi connectivity index (χ1n) is 11.0. The van der Waals surface area contributed by atoms with Crippen molar-refractivity contribution in [3.8, 4) is 5.69 Å². The van der Waals surface area contributed by atoms with E-state index in [4.69, 9.17) is 11.6 Å². The van der Waals surface area contributed by atoms with Crippen molar-refractivity contribution in [1.82, 2.24) is 19.6 Å². The van der Waals surface area contributed by atoms with E-state index in [1.807, 2.05) is 62.4 Å². The molecule has 1 aliphatic rings. The Balaban J connectivity index is 1.36. The highest BCUT2D eigenvalue weighted by Crippen LogP contribution is 2.25. The second kappa shape index (κ2) is 9.77. The lowest BCUT2D eigenvalue weighted by molar-refractivity contribution is -0.117. The summed E-state index contributed by atoms with van der Waals surface area (Å²) >= 11 is 6.57. The van der Waals surface area contributed by atoms with Crippen LogP contribution in [0.5, 0.6) is 0 Å². The number of anilines is 1. The fraction of sp³-hybridized carbons (Fsp3) is 0.320. The monoisotopic (exact) mass is 465 g/mol. The molecule has 0 saturated carbocycles. The highest BCUT2D eigenvalue weighted by atomic mass is 35.5. The molecule has 1 saturated heterocycles. The summed E-state index contributed by atoms with van der Waals surface area (Å²) in [7, 11) is 0. The number of hydrogen-bond acceptors (Lipinski definition) is 4. The minimum atomic E-state index is -0.126. The van der Waals surface area contributed by atoms with Gasteiger partial charge in [0.2, 0.25) is 5.91 Å². The first kappa shape index (κ1) is 23.0. The fourth-order valence-corrected chi connectivity index (χ4v) is 4.38. The van der Waals surface area contributed by atoms with Crippen molar-refractivity contribution in [2.75, 3.05) is 38.0 Å². The molecule has 2 aromatic carbocycles. The third-order valence-electron chi connectivity index (χ3n) is 6.12. The molecule has 3 aromatic rings. The molecule has 0 bridgehead atoms. The predicted molar refractivity (Wildman–Crippen MR) is 130 cm³/mol. The maximum absolute atomic E-state index is 13.2. The van der Waals surface area contributed by atoms with Crippen LogP contribution in [0, 0.1) is 20.8 Å². The summed E-state index contributed by atoms with van der Waals surface area (Å²) in [5.41, 5.74) is 4.90. The Kier molecular flexibility index (Phi) is 6.81. The molecule has 1 aromatic heterocycles. The van der Waals surface area contributed by atoms with Crippen LogP contribution in [0.15, 0.2) is 48.5 Å². The lowest BCUT2D eigenvalue weighted by Crippen LogP contribution is -2.50. The van der Waals surface area contributed by atoms with Gasteiger partial charge in [-0.1, -0.05) is 41.9 Å². The first-order valence-corrected chi connectivity index (χ1v) is 11.4. The first-order chi connectivity index (χ1) is 15.8. The number of para-hydroxylation sites is 1. The molecule has 33 heavy (non-hydrogen) atoms. The van der Waals surface area contributed by atoms with E-state index in [0.29, 0.717) is 49.1 Å². The summed E-state index contributed by atoms with van der Waals surface area (Å²) in [4.78, 5) is 29.6. The molecule has 1 fully saturated rings. The fourth-order valence-electron chi connectivity index (χ4n) is 4.03. The number of rotatable bonds is 5. The second-order valence-corrected chi connectivity index (χ2v) is 8.72. The Morgan fingerprint density at radius 1 is 0.970 bits per heavy atom. The molecule has 2 amide bonds. The van der Waals surface area contributed by atoms with Crippen LogP contribution in [0.3, 0.4) is 0 Å². The highest BCUT2D eigenvalue weighted by Gasteiger charge is 2.28. The molecule has 0 aliphatic carbocycles. The number of amides is 2. The average Bonchev–Trinajstić information content (AvgIpc) is 3.11. The maximum Gasteiger partial charge on any atom is 0.258 e. The quantitative estimate of drug-likeness (QED) is 0.621. The van der Waals surface area contributed by atoms with E-state index in [-0.39, 0.29) is 11.8 Å². The van der Waals surface area contributed by atoms with E-state index >= 15 is 0 Å². The summed E-state index contributed by atoms with van der Waals surface area (Å²) in [6.07, 6.45) is 0. The summed E-state index contributed by atoms with van der Waals surface area (Å²) < 4.78 is 1.60. The van der Waals surface area contributed by atoms with Gasteiger partial charge in [0, 0.05) is 31.9 Å². The number of benzene rings is 2. The molecule has 2 heterocycles. The van der Waals surface area contributed by atoms with Crippen molar-refractivity contribution in [2.24, 2.45) is 0 Å². The molecule has 1 aliphatic heterocycles. The number of piperazine rings is 1. The van der Waals surface area contributed by atoms with Gasteiger partial charge in [0.1, 0.15) is 5.15 Å². The Hall–Kier alpha value is -3.16. The summed E-state index contributed by atoms with van der Waals surface area (Å²) in [5.74, 6) is -0.175. The number of nitrogens with one attached hydrogen (secondary N) is 1. The number of halogens is 1. The minimum absolute atomic E-state index is 0.0495. The minimum Gasteiger partial charge on any atom is -0.336 e. The van der Waals surface area contributed by atoms with Crippen LogP contribution >= 0.6 is 11.6 Å². The van der Waals surface area contributed by atoms with Crippen LogP contribution in [0.25, 0.3) is 5.69 Å². The number of carbonyl (C=O) groups excluding carboxylic acids is 2. The highest BCUT2D eigenvalue weighted by molar-refractivity contribution is 6.33. The van der Waals surface area contributed by atoms with Gasteiger partial charge in [-0.05, 0) is 50.1 Å². The van der Waals surface area contributed by atoms with Gasteiger partial charge in [0.15, 0.2) is 0 Å². The van der Waals surface area contributed by atoms with Crippen LogP contribution in [-0.4, -0.2) is 64.1 Å². The summed E-state index contributed by atoms with van der Waals surface area (Å²) in [5, 5.41) is 7.80. The largest absolute Gasteiger partial charge is 0.336 e. The third-order valence-corrected chi connectivity index (χ3v) is 6.47. The molecular weight excluding hydrogens is 438 g/mol. The van der Waals surface area contributed by atoms with E-state index in [9.17, 15) is 9.59 Å². The third kappa shape index (κ3) is 4.94. The number of aryl methyl sites for hydroxylation is 2. The van der Waals surface area contributed by atoms with Gasteiger partial charge in [-0.15, -0.1) is 0 Å². The molecule has 0 spiro atoms. The van der Waals surface area contributed by atoms with Gasteiger partial charge < -0.3 is 10.2 Å². The lowest BCUT2D eigenvalue weighted by atomic mass is 10.1. The van der Waals surface area contributed by atoms with Crippen LogP contribution < -0.4 is 5.32 Å². The molecule has 0 radical (unpaired) electrons. The van der Waals surface area contributed by atoms with Crippen LogP contribution in [0.2, 0.25) is 5.15 Å². The smallest absolute Gasteiger partial charge is 0.258 e. The van der Waals surface area contributed by atoms with E-state index in [2.05, 4.69) is 15.3 Å². The van der Waals surface area contributed by atoms with Crippen molar-refractivity contribution in [2.45, 2.75) is 20.8 Å². The Morgan fingerprint density at radius 3 is 2.36 bits per heavy atom. The van der Waals surface area contributed by atoms with Gasteiger partial charge in [-0.25, -0.2) is 4.68 Å². The SMILES string of the molecule is Cc1cccc(NC(=O)CN2CCN(C(=O)c3c(C)nn(-c4ccccc4)c3Cl)CC2)c1C. The molecule has 0 unspecified atom stereocenters. The van der Waals surface area contributed by atoms with Gasteiger partial charge in [-0.2, -0.15) is 5.10 Å². The number of aromatic nitrogens is 2. The summed E-state index contributed by atoms with van der Waals surface area (Å²) in [6.45, 7) is 8.42. The number of carbonyl (C=O) groups is 2. The molecular formula is C25H28ClN5O2. The van der Waals surface area contributed by atoms with Crippen molar-refractivity contribution < 1.29 is 9.59 Å². The molecule has 172 valence electrons. The lowest BCUT2D eigenvalue weighted by Gasteiger charge is -2.34. The topological polar surface area (TPSA) is 70.5 Å². The van der Waals surface area contributed by atoms with Gasteiger partial charge in [0.05, 0.1) is 23.5 Å². The van der Waals surface area contributed by atoms with Gasteiger partial charge in [0.25, 0.3) is 5.91 Å². The molecule has 7 nitrogen and oxygen atoms in total. The molecule has 1 N–H and O–H groups in total. The standard InChI is InChI=1S/C25H28ClN5O2/c1-17-8-7-11-21(18(17)2)27-22(32)16-29-12-14-30(15-13-29)25(33)23-19(3)28-31(24(23)26)20-9-5-4-6-10-20/h4-11H,12-16H2,1-3H3,(H,27,32). The van der Waals surface area contributed by atoms with Crippen molar-refractivity contribution in [3.05, 3.63) is 76.1 Å². The van der Waals surface area contributed by atoms with E-state index in [1.165, 1.54) is 0 Å². The Morgan fingerprint density at radius 2 is 1.67 bits per heavy atom.